The summed E-state index contributed by atoms with van der Waals surface area (Å²) in [6.45, 7) is 2.30. The second kappa shape index (κ2) is 8.72. The Morgan fingerprint density at radius 3 is 2.07 bits per heavy atom. The van der Waals surface area contributed by atoms with Gasteiger partial charge in [-0.2, -0.15) is 0 Å². The van der Waals surface area contributed by atoms with Gasteiger partial charge in [0.15, 0.2) is 0 Å². The van der Waals surface area contributed by atoms with Crippen LogP contribution in [-0.2, 0) is 0 Å². The zero-order valence-electron chi connectivity index (χ0n) is 9.80. The standard InChI is InChI=1S/C13H26P/c1-2-3-12-14-13-10-8-6-4-5-7-9-11-13/h13H,2-12H2,1H3. The maximum atomic E-state index is 2.30. The zero-order valence-corrected chi connectivity index (χ0v) is 10.7. The molecule has 0 bridgehead atoms. The molecule has 0 saturated heterocycles. The highest BCUT2D eigenvalue weighted by molar-refractivity contribution is 7.38. The Bertz CT molecular complexity index is 112. The Labute approximate surface area is 92.0 Å². The molecule has 0 atom stereocenters. The molecule has 0 aromatic rings. The van der Waals surface area contributed by atoms with Crippen LogP contribution in [0, 0.1) is 0 Å². The van der Waals surface area contributed by atoms with Crippen molar-refractivity contribution in [2.24, 2.45) is 0 Å². The minimum absolute atomic E-state index is 1.06. The molecule has 0 aromatic carbocycles. The summed E-state index contributed by atoms with van der Waals surface area (Å²) < 4.78 is 0. The van der Waals surface area contributed by atoms with Crippen molar-refractivity contribution in [3.8, 4) is 0 Å². The van der Waals surface area contributed by atoms with Crippen LogP contribution in [0.2, 0.25) is 0 Å². The van der Waals surface area contributed by atoms with Crippen LogP contribution in [-0.4, -0.2) is 11.8 Å². The van der Waals surface area contributed by atoms with Gasteiger partial charge in [0.1, 0.15) is 0 Å². The largest absolute Gasteiger partial charge is 0.0775 e. The second-order valence-corrected chi connectivity index (χ2v) is 6.15. The van der Waals surface area contributed by atoms with Gasteiger partial charge in [0, 0.05) is 0 Å². The molecule has 0 spiro atoms. The monoisotopic (exact) mass is 213 g/mol. The Balaban J connectivity index is 2.12. The summed E-state index contributed by atoms with van der Waals surface area (Å²) in [5.41, 5.74) is 1.06. The van der Waals surface area contributed by atoms with E-state index in [2.05, 4.69) is 6.92 Å². The van der Waals surface area contributed by atoms with Crippen molar-refractivity contribution < 1.29 is 0 Å². The lowest BCUT2D eigenvalue weighted by atomic mass is 10.1. The summed E-state index contributed by atoms with van der Waals surface area (Å²) in [7, 11) is 1.77. The van der Waals surface area contributed by atoms with Gasteiger partial charge in [-0.05, 0) is 31.1 Å². The van der Waals surface area contributed by atoms with Crippen LogP contribution < -0.4 is 0 Å². The molecular formula is C13H26P. The van der Waals surface area contributed by atoms with Crippen molar-refractivity contribution in [1.29, 1.82) is 0 Å². The van der Waals surface area contributed by atoms with E-state index in [0.29, 0.717) is 0 Å². The fraction of sp³-hybridized carbons (Fsp3) is 1.00. The summed E-state index contributed by atoms with van der Waals surface area (Å²) in [4.78, 5) is 0. The summed E-state index contributed by atoms with van der Waals surface area (Å²) in [6, 6.07) is 0. The fourth-order valence-corrected chi connectivity index (χ4v) is 3.82. The van der Waals surface area contributed by atoms with E-state index in [9.17, 15) is 0 Å². The minimum Gasteiger partial charge on any atom is -0.0775 e. The summed E-state index contributed by atoms with van der Waals surface area (Å²) in [5.74, 6) is 0. The number of unbranched alkanes of at least 4 members (excludes halogenated alkanes) is 1. The third-order valence-corrected chi connectivity index (χ3v) is 4.83. The van der Waals surface area contributed by atoms with Gasteiger partial charge in [-0.1, -0.05) is 60.5 Å². The molecule has 0 aliphatic heterocycles. The van der Waals surface area contributed by atoms with Crippen molar-refractivity contribution in [3.05, 3.63) is 0 Å². The molecule has 1 aliphatic carbocycles. The molecule has 0 heterocycles. The molecule has 0 amide bonds. The summed E-state index contributed by atoms with van der Waals surface area (Å²) in [5, 5.41) is 0. The number of hydrogen-bond acceptors (Lipinski definition) is 0. The minimum atomic E-state index is 1.06. The molecule has 0 aromatic heterocycles. The van der Waals surface area contributed by atoms with Crippen LogP contribution in [0.15, 0.2) is 0 Å². The van der Waals surface area contributed by atoms with Gasteiger partial charge in [-0.3, -0.25) is 0 Å². The quantitative estimate of drug-likeness (QED) is 0.443. The third kappa shape index (κ3) is 6.02. The van der Waals surface area contributed by atoms with Gasteiger partial charge in [-0.15, -0.1) is 0 Å². The van der Waals surface area contributed by atoms with E-state index in [-0.39, 0.29) is 0 Å². The normalized spacial score (nSPS) is 22.1. The van der Waals surface area contributed by atoms with E-state index >= 15 is 0 Å². The maximum Gasteiger partial charge on any atom is -0.0170 e. The Hall–Kier alpha value is 0.430. The van der Waals surface area contributed by atoms with E-state index in [0.717, 1.165) is 5.66 Å². The van der Waals surface area contributed by atoms with Crippen molar-refractivity contribution in [2.45, 2.75) is 76.8 Å². The maximum absolute atomic E-state index is 2.30. The highest BCUT2D eigenvalue weighted by Gasteiger charge is 2.10. The first kappa shape index (κ1) is 12.5. The second-order valence-electron chi connectivity index (χ2n) is 4.61. The molecule has 0 unspecified atom stereocenters. The molecule has 1 heteroatoms. The van der Waals surface area contributed by atoms with Crippen molar-refractivity contribution in [1.82, 2.24) is 0 Å². The van der Waals surface area contributed by atoms with Crippen LogP contribution in [0.5, 0.6) is 0 Å². The van der Waals surface area contributed by atoms with Crippen LogP contribution >= 0.6 is 8.58 Å². The average molecular weight is 213 g/mol. The predicted octanol–water partition coefficient (Wildman–Crippen LogP) is 5.24. The van der Waals surface area contributed by atoms with Crippen LogP contribution in [0.25, 0.3) is 0 Å². The van der Waals surface area contributed by atoms with Crippen LogP contribution in [0.4, 0.5) is 0 Å². The first-order valence-corrected chi connectivity index (χ1v) is 7.75. The van der Waals surface area contributed by atoms with E-state index in [4.69, 9.17) is 0 Å². The Morgan fingerprint density at radius 2 is 1.50 bits per heavy atom. The van der Waals surface area contributed by atoms with Gasteiger partial charge in [-0.25, -0.2) is 0 Å². The first-order chi connectivity index (χ1) is 6.93. The molecule has 1 saturated carbocycles. The van der Waals surface area contributed by atoms with Gasteiger partial charge in [0.2, 0.25) is 0 Å². The smallest absolute Gasteiger partial charge is 0.0170 e. The van der Waals surface area contributed by atoms with Gasteiger partial charge >= 0.3 is 0 Å². The Kier molecular flexibility index (Phi) is 7.78. The molecule has 83 valence electrons. The average Bonchev–Trinajstić information content (AvgIpc) is 2.32. The van der Waals surface area contributed by atoms with E-state index in [1.54, 1.807) is 8.58 Å². The highest BCUT2D eigenvalue weighted by atomic mass is 31.1. The highest BCUT2D eigenvalue weighted by Crippen LogP contribution is 2.31. The Morgan fingerprint density at radius 1 is 0.929 bits per heavy atom. The summed E-state index contributed by atoms with van der Waals surface area (Å²) >= 11 is 0. The molecule has 1 fully saturated rings. The van der Waals surface area contributed by atoms with Gasteiger partial charge in [0.05, 0.1) is 0 Å². The van der Waals surface area contributed by atoms with E-state index in [1.165, 1.54) is 70.4 Å². The molecular weight excluding hydrogens is 187 g/mol. The molecule has 14 heavy (non-hydrogen) atoms. The van der Waals surface area contributed by atoms with Crippen LogP contribution in [0.1, 0.15) is 71.1 Å². The predicted molar refractivity (Wildman–Crippen MR) is 67.4 cm³/mol. The van der Waals surface area contributed by atoms with Gasteiger partial charge in [0.25, 0.3) is 0 Å². The topological polar surface area (TPSA) is 0 Å². The lowest BCUT2D eigenvalue weighted by Crippen LogP contribution is -2.01. The number of rotatable bonds is 4. The van der Waals surface area contributed by atoms with Gasteiger partial charge < -0.3 is 0 Å². The fourth-order valence-electron chi connectivity index (χ4n) is 2.23. The lowest BCUT2D eigenvalue weighted by molar-refractivity contribution is 0.624. The number of hydrogen-bond donors (Lipinski definition) is 0. The zero-order chi connectivity index (χ0) is 10.1. The third-order valence-electron chi connectivity index (χ3n) is 3.22. The van der Waals surface area contributed by atoms with E-state index in [1.807, 2.05) is 0 Å². The molecule has 1 rings (SSSR count). The summed E-state index contributed by atoms with van der Waals surface area (Å²) in [6.07, 6.45) is 16.3. The molecule has 0 N–H and O–H groups in total. The van der Waals surface area contributed by atoms with Crippen molar-refractivity contribution in [2.75, 3.05) is 6.16 Å². The molecule has 0 nitrogen and oxygen atoms in total. The van der Waals surface area contributed by atoms with Crippen molar-refractivity contribution >= 4 is 8.58 Å². The SMILES string of the molecule is CCCC[P]C1CCCCCCCC1. The molecule has 1 aliphatic rings. The van der Waals surface area contributed by atoms with Crippen LogP contribution in [0.3, 0.4) is 0 Å². The molecule has 1 radical (unpaired) electrons. The first-order valence-electron chi connectivity index (χ1n) is 6.60. The van der Waals surface area contributed by atoms with E-state index < -0.39 is 0 Å². The van der Waals surface area contributed by atoms with Crippen molar-refractivity contribution in [3.63, 3.8) is 0 Å². The lowest BCUT2D eigenvalue weighted by Gasteiger charge is -2.14.